The summed E-state index contributed by atoms with van der Waals surface area (Å²) < 4.78 is 0. The lowest BCUT2D eigenvalue weighted by atomic mass is 10.2. The van der Waals surface area contributed by atoms with E-state index in [2.05, 4.69) is 20.3 Å². The van der Waals surface area contributed by atoms with Crippen LogP contribution >= 0.6 is 0 Å². The first-order chi connectivity index (χ1) is 9.24. The van der Waals surface area contributed by atoms with Crippen LogP contribution in [0.5, 0.6) is 0 Å². The molecule has 0 saturated heterocycles. The van der Waals surface area contributed by atoms with Crippen molar-refractivity contribution in [3.05, 3.63) is 47.8 Å². The highest BCUT2D eigenvalue weighted by molar-refractivity contribution is 5.92. The minimum atomic E-state index is -0.285. The fourth-order valence-electron chi connectivity index (χ4n) is 1.66. The number of H-pyrrole nitrogens is 1. The molecular formula is C13H13N5O. The standard InChI is InChI=1S/C13H13N5O/c1-2-10(12-15-5-6-16-12)18-13(19)11-4-3-9(7-14)8-17-11/h3-6,8,10H,2H2,1H3,(H,15,16)(H,18,19). The van der Waals surface area contributed by atoms with Gasteiger partial charge in [-0.1, -0.05) is 6.92 Å². The first kappa shape index (κ1) is 12.8. The highest BCUT2D eigenvalue weighted by atomic mass is 16.1. The molecule has 0 aliphatic heterocycles. The molecule has 2 rings (SSSR count). The van der Waals surface area contributed by atoms with Crippen molar-refractivity contribution in [1.29, 1.82) is 5.26 Å². The quantitative estimate of drug-likeness (QED) is 0.866. The Balaban J connectivity index is 2.09. The Morgan fingerprint density at radius 2 is 2.37 bits per heavy atom. The van der Waals surface area contributed by atoms with Gasteiger partial charge < -0.3 is 10.3 Å². The van der Waals surface area contributed by atoms with Gasteiger partial charge >= 0.3 is 0 Å². The van der Waals surface area contributed by atoms with Crippen LogP contribution in [0.2, 0.25) is 0 Å². The van der Waals surface area contributed by atoms with Gasteiger partial charge in [0.05, 0.1) is 11.6 Å². The van der Waals surface area contributed by atoms with Crippen LogP contribution < -0.4 is 5.32 Å². The summed E-state index contributed by atoms with van der Waals surface area (Å²) in [5, 5.41) is 11.5. The van der Waals surface area contributed by atoms with Crippen molar-refractivity contribution < 1.29 is 4.79 Å². The van der Waals surface area contributed by atoms with E-state index in [9.17, 15) is 4.79 Å². The molecule has 0 aliphatic rings. The lowest BCUT2D eigenvalue weighted by molar-refractivity contribution is 0.0929. The molecule has 19 heavy (non-hydrogen) atoms. The molecule has 6 nitrogen and oxygen atoms in total. The predicted octanol–water partition coefficient (Wildman–Crippen LogP) is 1.56. The van der Waals surface area contributed by atoms with Crippen LogP contribution in [0.1, 0.15) is 41.3 Å². The molecule has 2 aromatic rings. The average Bonchev–Trinajstić information content (AvgIpc) is 2.98. The molecule has 0 saturated carbocycles. The van der Waals surface area contributed by atoms with Gasteiger partial charge in [0.15, 0.2) is 0 Å². The second-order valence-corrected chi connectivity index (χ2v) is 3.95. The predicted molar refractivity (Wildman–Crippen MR) is 68.0 cm³/mol. The van der Waals surface area contributed by atoms with Crippen molar-refractivity contribution in [2.75, 3.05) is 0 Å². The smallest absolute Gasteiger partial charge is 0.270 e. The fraction of sp³-hybridized carbons (Fsp3) is 0.231. The molecule has 96 valence electrons. The number of carbonyl (C=O) groups excluding carboxylic acids is 1. The van der Waals surface area contributed by atoms with Crippen LogP contribution in [-0.2, 0) is 0 Å². The molecule has 0 aromatic carbocycles. The van der Waals surface area contributed by atoms with Gasteiger partial charge in [0.2, 0.25) is 0 Å². The van der Waals surface area contributed by atoms with Gasteiger partial charge in [-0.3, -0.25) is 4.79 Å². The normalized spacial score (nSPS) is 11.6. The van der Waals surface area contributed by atoms with Crippen LogP contribution in [0.25, 0.3) is 0 Å². The van der Waals surface area contributed by atoms with E-state index in [0.29, 0.717) is 11.4 Å². The topological polar surface area (TPSA) is 94.5 Å². The maximum absolute atomic E-state index is 12.0. The van der Waals surface area contributed by atoms with Crippen molar-refractivity contribution in [3.63, 3.8) is 0 Å². The van der Waals surface area contributed by atoms with Gasteiger partial charge in [0.25, 0.3) is 5.91 Å². The van der Waals surface area contributed by atoms with Crippen molar-refractivity contribution in [2.24, 2.45) is 0 Å². The van der Waals surface area contributed by atoms with E-state index in [1.807, 2.05) is 13.0 Å². The summed E-state index contributed by atoms with van der Waals surface area (Å²) in [7, 11) is 0. The highest BCUT2D eigenvalue weighted by Gasteiger charge is 2.16. The Labute approximate surface area is 110 Å². The van der Waals surface area contributed by atoms with Gasteiger partial charge in [0, 0.05) is 18.6 Å². The number of imidazole rings is 1. The number of carbonyl (C=O) groups is 1. The Hall–Kier alpha value is -2.68. The molecule has 2 aromatic heterocycles. The minimum Gasteiger partial charge on any atom is -0.347 e. The monoisotopic (exact) mass is 255 g/mol. The molecule has 6 heteroatoms. The van der Waals surface area contributed by atoms with Crippen LogP contribution in [0.3, 0.4) is 0 Å². The van der Waals surface area contributed by atoms with Gasteiger partial charge in [-0.2, -0.15) is 5.26 Å². The Morgan fingerprint density at radius 3 is 2.89 bits per heavy atom. The summed E-state index contributed by atoms with van der Waals surface area (Å²) in [5.41, 5.74) is 0.707. The number of amides is 1. The second kappa shape index (κ2) is 5.78. The van der Waals surface area contributed by atoms with E-state index in [1.165, 1.54) is 12.3 Å². The van der Waals surface area contributed by atoms with Crippen LogP contribution in [-0.4, -0.2) is 20.9 Å². The summed E-state index contributed by atoms with van der Waals surface area (Å²) >= 11 is 0. The SMILES string of the molecule is CCC(NC(=O)c1ccc(C#N)cn1)c1ncc[nH]1. The van der Waals surface area contributed by atoms with Crippen LogP contribution in [0.15, 0.2) is 30.7 Å². The average molecular weight is 255 g/mol. The maximum atomic E-state index is 12.0. The van der Waals surface area contributed by atoms with Gasteiger partial charge in [-0.25, -0.2) is 9.97 Å². The number of nitrogens with one attached hydrogen (secondary N) is 2. The molecule has 1 unspecified atom stereocenters. The third-order valence-electron chi connectivity index (χ3n) is 2.69. The number of hydrogen-bond acceptors (Lipinski definition) is 4. The largest absolute Gasteiger partial charge is 0.347 e. The van der Waals surface area contributed by atoms with E-state index in [0.717, 1.165) is 6.42 Å². The van der Waals surface area contributed by atoms with E-state index >= 15 is 0 Å². The fourth-order valence-corrected chi connectivity index (χ4v) is 1.66. The van der Waals surface area contributed by atoms with E-state index in [-0.39, 0.29) is 17.6 Å². The molecule has 1 atom stereocenters. The summed E-state index contributed by atoms with van der Waals surface area (Å²) in [5.74, 6) is 0.428. The maximum Gasteiger partial charge on any atom is 0.270 e. The summed E-state index contributed by atoms with van der Waals surface area (Å²) in [4.78, 5) is 23.1. The molecule has 0 bridgehead atoms. The molecular weight excluding hydrogens is 242 g/mol. The van der Waals surface area contributed by atoms with Crippen LogP contribution in [0.4, 0.5) is 0 Å². The lowest BCUT2D eigenvalue weighted by Crippen LogP contribution is -2.29. The van der Waals surface area contributed by atoms with Crippen molar-refractivity contribution in [1.82, 2.24) is 20.3 Å². The van der Waals surface area contributed by atoms with Gasteiger partial charge in [-0.05, 0) is 18.6 Å². The van der Waals surface area contributed by atoms with Crippen molar-refractivity contribution in [2.45, 2.75) is 19.4 Å². The molecule has 2 N–H and O–H groups in total. The third kappa shape index (κ3) is 2.96. The molecule has 2 heterocycles. The van der Waals surface area contributed by atoms with E-state index < -0.39 is 0 Å². The molecule has 0 spiro atoms. The van der Waals surface area contributed by atoms with E-state index in [4.69, 9.17) is 5.26 Å². The van der Waals surface area contributed by atoms with Crippen LogP contribution in [0, 0.1) is 11.3 Å². The number of aromatic nitrogens is 3. The number of nitrogens with zero attached hydrogens (tertiary/aromatic N) is 3. The second-order valence-electron chi connectivity index (χ2n) is 3.95. The number of pyridine rings is 1. The minimum absolute atomic E-state index is 0.181. The zero-order valence-corrected chi connectivity index (χ0v) is 10.4. The molecule has 0 fully saturated rings. The Bertz CT molecular complexity index is 582. The molecule has 0 aliphatic carbocycles. The zero-order chi connectivity index (χ0) is 13.7. The first-order valence-electron chi connectivity index (χ1n) is 5.91. The first-order valence-corrected chi connectivity index (χ1v) is 5.91. The third-order valence-corrected chi connectivity index (χ3v) is 2.69. The number of nitriles is 1. The van der Waals surface area contributed by atoms with Crippen molar-refractivity contribution >= 4 is 5.91 Å². The lowest BCUT2D eigenvalue weighted by Gasteiger charge is -2.14. The Kier molecular flexibility index (Phi) is 3.88. The Morgan fingerprint density at radius 1 is 1.53 bits per heavy atom. The molecule has 1 amide bonds. The number of hydrogen-bond donors (Lipinski definition) is 2. The highest BCUT2D eigenvalue weighted by Crippen LogP contribution is 2.12. The zero-order valence-electron chi connectivity index (χ0n) is 10.4. The summed E-state index contributed by atoms with van der Waals surface area (Å²) in [6, 6.07) is 4.87. The van der Waals surface area contributed by atoms with Crippen molar-refractivity contribution in [3.8, 4) is 6.07 Å². The number of aromatic amines is 1. The van der Waals surface area contributed by atoms with Gasteiger partial charge in [0.1, 0.15) is 17.6 Å². The van der Waals surface area contributed by atoms with E-state index in [1.54, 1.807) is 18.5 Å². The molecule has 0 radical (unpaired) electrons. The summed E-state index contributed by atoms with van der Waals surface area (Å²) in [6.07, 6.45) is 5.45. The summed E-state index contributed by atoms with van der Waals surface area (Å²) in [6.45, 7) is 1.96. The number of rotatable bonds is 4. The van der Waals surface area contributed by atoms with Gasteiger partial charge in [-0.15, -0.1) is 0 Å².